The van der Waals surface area contributed by atoms with E-state index < -0.39 is 5.41 Å². The summed E-state index contributed by atoms with van der Waals surface area (Å²) in [5.41, 5.74) is -0.566. The summed E-state index contributed by atoms with van der Waals surface area (Å²) >= 11 is 0. The van der Waals surface area contributed by atoms with Gasteiger partial charge in [0.05, 0.1) is 25.9 Å². The summed E-state index contributed by atoms with van der Waals surface area (Å²) in [7, 11) is 0. The molecule has 72 valence electrons. The van der Waals surface area contributed by atoms with Gasteiger partial charge in [0.15, 0.2) is 0 Å². The number of rotatable bonds is 6. The summed E-state index contributed by atoms with van der Waals surface area (Å²) in [6.45, 7) is 7.40. The number of aliphatic hydroxyl groups is 2. The summed E-state index contributed by atoms with van der Waals surface area (Å²) in [4.78, 5) is 0. The molecule has 3 heteroatoms. The predicted octanol–water partition coefficient (Wildman–Crippen LogP) is 0.568. The minimum absolute atomic E-state index is 0.0815. The van der Waals surface area contributed by atoms with E-state index in [9.17, 15) is 0 Å². The Morgan fingerprint density at radius 3 is 2.33 bits per heavy atom. The highest BCUT2D eigenvalue weighted by Gasteiger charge is 2.30. The van der Waals surface area contributed by atoms with Gasteiger partial charge in [-0.15, -0.1) is 6.58 Å². The highest BCUT2D eigenvalue weighted by molar-refractivity contribution is 4.80. The Morgan fingerprint density at radius 2 is 2.00 bits per heavy atom. The van der Waals surface area contributed by atoms with E-state index >= 15 is 0 Å². The molecule has 1 unspecified atom stereocenters. The van der Waals surface area contributed by atoms with Gasteiger partial charge in [-0.2, -0.15) is 0 Å². The number of aliphatic hydroxyl groups excluding tert-OH is 2. The van der Waals surface area contributed by atoms with E-state index in [1.165, 1.54) is 0 Å². The lowest BCUT2D eigenvalue weighted by Gasteiger charge is -2.31. The second-order valence-electron chi connectivity index (χ2n) is 3.23. The van der Waals surface area contributed by atoms with Crippen molar-refractivity contribution in [3.05, 3.63) is 12.7 Å². The molecule has 0 bridgehead atoms. The predicted molar refractivity (Wildman–Crippen MR) is 47.9 cm³/mol. The lowest BCUT2D eigenvalue weighted by Crippen LogP contribution is -2.39. The molecule has 0 amide bonds. The van der Waals surface area contributed by atoms with Gasteiger partial charge >= 0.3 is 0 Å². The third kappa shape index (κ3) is 2.93. The number of ether oxygens (including phenoxy) is 1. The van der Waals surface area contributed by atoms with Crippen molar-refractivity contribution in [3.63, 3.8) is 0 Å². The Labute approximate surface area is 73.7 Å². The van der Waals surface area contributed by atoms with Gasteiger partial charge in [-0.3, -0.25) is 0 Å². The Balaban J connectivity index is 4.01. The fraction of sp³-hybridized carbons (Fsp3) is 0.778. The molecule has 0 radical (unpaired) electrons. The SMILES string of the molecule is C=CCOC(C)C(C)(CO)CO. The summed E-state index contributed by atoms with van der Waals surface area (Å²) in [5.74, 6) is 0. The van der Waals surface area contributed by atoms with Crippen LogP contribution in [0.5, 0.6) is 0 Å². The van der Waals surface area contributed by atoms with Crippen LogP contribution in [0.2, 0.25) is 0 Å². The first-order valence-corrected chi connectivity index (χ1v) is 4.05. The molecule has 0 aliphatic heterocycles. The lowest BCUT2D eigenvalue weighted by molar-refractivity contribution is -0.0635. The van der Waals surface area contributed by atoms with Gasteiger partial charge in [0, 0.05) is 5.41 Å². The molecule has 0 fully saturated rings. The zero-order valence-corrected chi connectivity index (χ0v) is 7.79. The van der Waals surface area contributed by atoms with Gasteiger partial charge in [-0.25, -0.2) is 0 Å². The largest absolute Gasteiger partial charge is 0.396 e. The van der Waals surface area contributed by atoms with Gasteiger partial charge in [0.25, 0.3) is 0 Å². The van der Waals surface area contributed by atoms with Gasteiger partial charge in [-0.1, -0.05) is 13.0 Å². The van der Waals surface area contributed by atoms with E-state index in [2.05, 4.69) is 6.58 Å². The van der Waals surface area contributed by atoms with E-state index in [1.54, 1.807) is 13.0 Å². The van der Waals surface area contributed by atoms with Gasteiger partial charge < -0.3 is 14.9 Å². The molecule has 3 nitrogen and oxygen atoms in total. The molecule has 12 heavy (non-hydrogen) atoms. The van der Waals surface area contributed by atoms with E-state index in [1.807, 2.05) is 6.92 Å². The van der Waals surface area contributed by atoms with Crippen molar-refractivity contribution in [2.75, 3.05) is 19.8 Å². The smallest absolute Gasteiger partial charge is 0.0648 e. The van der Waals surface area contributed by atoms with Crippen molar-refractivity contribution < 1.29 is 14.9 Å². The molecule has 0 aliphatic rings. The molecule has 0 rings (SSSR count). The first-order valence-electron chi connectivity index (χ1n) is 4.05. The minimum atomic E-state index is -0.566. The first kappa shape index (κ1) is 11.6. The Kier molecular flexibility index (Phi) is 5.13. The van der Waals surface area contributed by atoms with Gasteiger partial charge in [-0.05, 0) is 6.92 Å². The van der Waals surface area contributed by atoms with Crippen molar-refractivity contribution in [3.8, 4) is 0 Å². The highest BCUT2D eigenvalue weighted by atomic mass is 16.5. The minimum Gasteiger partial charge on any atom is -0.396 e. The van der Waals surface area contributed by atoms with Gasteiger partial charge in [0.2, 0.25) is 0 Å². The standard InChI is InChI=1S/C9H18O3/c1-4-5-12-8(2)9(3,6-10)7-11/h4,8,10-11H,1,5-7H2,2-3H3. The van der Waals surface area contributed by atoms with Crippen molar-refractivity contribution >= 4 is 0 Å². The average molecular weight is 174 g/mol. The average Bonchev–Trinajstić information content (AvgIpc) is 2.12. The van der Waals surface area contributed by atoms with Crippen LogP contribution in [0, 0.1) is 5.41 Å². The van der Waals surface area contributed by atoms with E-state index in [4.69, 9.17) is 14.9 Å². The Hall–Kier alpha value is -0.380. The molecule has 1 atom stereocenters. The van der Waals surface area contributed by atoms with Crippen molar-refractivity contribution in [2.45, 2.75) is 20.0 Å². The summed E-state index contributed by atoms with van der Waals surface area (Å²) in [6.07, 6.45) is 1.47. The molecule has 2 N–H and O–H groups in total. The molecular formula is C9H18O3. The Bertz CT molecular complexity index is 130. The number of hydrogen-bond acceptors (Lipinski definition) is 3. The third-order valence-electron chi connectivity index (χ3n) is 2.17. The molecule has 0 aliphatic carbocycles. The van der Waals surface area contributed by atoms with Crippen LogP contribution >= 0.6 is 0 Å². The maximum atomic E-state index is 8.99. The molecule has 0 aromatic rings. The van der Waals surface area contributed by atoms with Crippen LogP contribution in [-0.4, -0.2) is 36.1 Å². The van der Waals surface area contributed by atoms with E-state index in [-0.39, 0.29) is 19.3 Å². The summed E-state index contributed by atoms with van der Waals surface area (Å²) < 4.78 is 5.30. The Morgan fingerprint density at radius 1 is 1.50 bits per heavy atom. The van der Waals surface area contributed by atoms with Gasteiger partial charge in [0.1, 0.15) is 0 Å². The van der Waals surface area contributed by atoms with Crippen molar-refractivity contribution in [1.29, 1.82) is 0 Å². The van der Waals surface area contributed by atoms with Crippen LogP contribution < -0.4 is 0 Å². The highest BCUT2D eigenvalue weighted by Crippen LogP contribution is 2.22. The number of hydrogen-bond donors (Lipinski definition) is 2. The quantitative estimate of drug-likeness (QED) is 0.579. The molecule has 0 saturated heterocycles. The maximum absolute atomic E-state index is 8.99. The molecule has 0 aromatic heterocycles. The van der Waals surface area contributed by atoms with Crippen LogP contribution in [0.25, 0.3) is 0 Å². The first-order chi connectivity index (χ1) is 5.60. The molecule has 0 heterocycles. The second kappa shape index (κ2) is 5.30. The second-order valence-corrected chi connectivity index (χ2v) is 3.23. The normalized spacial score (nSPS) is 14.3. The van der Waals surface area contributed by atoms with Crippen LogP contribution in [0.3, 0.4) is 0 Å². The van der Waals surface area contributed by atoms with Crippen LogP contribution in [0.4, 0.5) is 0 Å². The van der Waals surface area contributed by atoms with E-state index in [0.717, 1.165) is 0 Å². The molecule has 0 spiro atoms. The molecule has 0 saturated carbocycles. The molecule has 0 aromatic carbocycles. The summed E-state index contributed by atoms with van der Waals surface area (Å²) in [5, 5.41) is 18.0. The zero-order valence-electron chi connectivity index (χ0n) is 7.79. The molecular weight excluding hydrogens is 156 g/mol. The van der Waals surface area contributed by atoms with Crippen molar-refractivity contribution in [1.82, 2.24) is 0 Å². The fourth-order valence-corrected chi connectivity index (χ4v) is 0.721. The van der Waals surface area contributed by atoms with Crippen molar-refractivity contribution in [2.24, 2.45) is 5.41 Å². The zero-order chi connectivity index (χ0) is 9.61. The van der Waals surface area contributed by atoms with Crippen LogP contribution in [0.1, 0.15) is 13.8 Å². The van der Waals surface area contributed by atoms with Crippen LogP contribution in [0.15, 0.2) is 12.7 Å². The monoisotopic (exact) mass is 174 g/mol. The van der Waals surface area contributed by atoms with E-state index in [0.29, 0.717) is 6.61 Å². The van der Waals surface area contributed by atoms with Crippen LogP contribution in [-0.2, 0) is 4.74 Å². The lowest BCUT2D eigenvalue weighted by atomic mass is 9.87. The third-order valence-corrected chi connectivity index (χ3v) is 2.17. The summed E-state index contributed by atoms with van der Waals surface area (Å²) in [6, 6.07) is 0. The maximum Gasteiger partial charge on any atom is 0.0648 e. The topological polar surface area (TPSA) is 49.7 Å². The fourth-order valence-electron chi connectivity index (χ4n) is 0.721.